The Hall–Kier alpha value is -2.09. The molecule has 0 aromatic heterocycles. The molecule has 2 aromatic carbocycles. The molecule has 0 unspecified atom stereocenters. The monoisotopic (exact) mass is 474 g/mol. The van der Waals surface area contributed by atoms with Crippen LogP contribution in [0.1, 0.15) is 137 Å². The van der Waals surface area contributed by atoms with E-state index in [2.05, 4.69) is 38.1 Å². The average Bonchev–Trinajstić information content (AvgIpc) is 2.90. The third kappa shape index (κ3) is 7.45. The first-order valence-corrected chi connectivity index (χ1v) is 14.6. The van der Waals surface area contributed by atoms with E-state index in [-0.39, 0.29) is 5.97 Å². The highest BCUT2D eigenvalue weighted by molar-refractivity contribution is 5.91. The van der Waals surface area contributed by atoms with E-state index < -0.39 is 0 Å². The van der Waals surface area contributed by atoms with E-state index in [9.17, 15) is 4.79 Å². The fourth-order valence-electron chi connectivity index (χ4n) is 6.53. The maximum absolute atomic E-state index is 12.7. The molecule has 0 atom stereocenters. The Bertz CT molecular complexity index is 882. The third-order valence-corrected chi connectivity index (χ3v) is 8.79. The van der Waals surface area contributed by atoms with Gasteiger partial charge in [-0.3, -0.25) is 0 Å². The van der Waals surface area contributed by atoms with Gasteiger partial charge in [0.2, 0.25) is 0 Å². The highest BCUT2D eigenvalue weighted by atomic mass is 16.5. The summed E-state index contributed by atoms with van der Waals surface area (Å²) in [5.74, 6) is 3.54. The van der Waals surface area contributed by atoms with E-state index in [0.29, 0.717) is 23.1 Å². The summed E-state index contributed by atoms with van der Waals surface area (Å²) in [4.78, 5) is 12.7. The van der Waals surface area contributed by atoms with Gasteiger partial charge in [0.25, 0.3) is 0 Å². The summed E-state index contributed by atoms with van der Waals surface area (Å²) in [7, 11) is 0. The summed E-state index contributed by atoms with van der Waals surface area (Å²) < 4.78 is 5.70. The van der Waals surface area contributed by atoms with Gasteiger partial charge in [0.05, 0.1) is 5.56 Å². The Morgan fingerprint density at radius 2 is 1.17 bits per heavy atom. The number of hydrogen-bond acceptors (Lipinski definition) is 2. The molecule has 2 aromatic rings. The van der Waals surface area contributed by atoms with Crippen molar-refractivity contribution in [1.29, 1.82) is 0 Å². The van der Waals surface area contributed by atoms with Crippen LogP contribution < -0.4 is 4.74 Å². The molecule has 4 rings (SSSR count). The molecule has 0 radical (unpaired) electrons. The normalized spacial score (nSPS) is 24.7. The summed E-state index contributed by atoms with van der Waals surface area (Å²) in [6.45, 7) is 4.58. The topological polar surface area (TPSA) is 26.3 Å². The van der Waals surface area contributed by atoms with Crippen molar-refractivity contribution < 1.29 is 9.53 Å². The van der Waals surface area contributed by atoms with Crippen LogP contribution in [0.25, 0.3) is 0 Å². The number of unbranched alkanes of at least 4 members (excludes halogenated alkanes) is 2. The lowest BCUT2D eigenvalue weighted by molar-refractivity contribution is 0.0734. The molecule has 2 fully saturated rings. The van der Waals surface area contributed by atoms with Crippen LogP contribution in [0, 0.1) is 11.8 Å². The van der Waals surface area contributed by atoms with Crippen LogP contribution in [0.5, 0.6) is 5.75 Å². The third-order valence-electron chi connectivity index (χ3n) is 8.79. The molecule has 2 saturated carbocycles. The quantitative estimate of drug-likeness (QED) is 0.194. The molecule has 2 aliphatic carbocycles. The second-order valence-electron chi connectivity index (χ2n) is 11.3. The van der Waals surface area contributed by atoms with E-state index in [1.54, 1.807) is 0 Å². The minimum atomic E-state index is -0.260. The number of benzene rings is 2. The van der Waals surface area contributed by atoms with E-state index >= 15 is 0 Å². The van der Waals surface area contributed by atoms with Gasteiger partial charge in [0.15, 0.2) is 0 Å². The Labute approximate surface area is 213 Å². The van der Waals surface area contributed by atoms with Gasteiger partial charge in [0.1, 0.15) is 5.75 Å². The highest BCUT2D eigenvalue weighted by Gasteiger charge is 2.23. The average molecular weight is 475 g/mol. The molecule has 2 nitrogen and oxygen atoms in total. The van der Waals surface area contributed by atoms with Crippen molar-refractivity contribution >= 4 is 5.97 Å². The Kier molecular flexibility index (Phi) is 9.86. The predicted octanol–water partition coefficient (Wildman–Crippen LogP) is 9.83. The molecule has 0 saturated heterocycles. The number of esters is 1. The maximum Gasteiger partial charge on any atom is 0.343 e. The molecule has 0 spiro atoms. The van der Waals surface area contributed by atoms with Gasteiger partial charge in [0, 0.05) is 0 Å². The van der Waals surface area contributed by atoms with Gasteiger partial charge in [-0.15, -0.1) is 0 Å². The molecule has 0 heterocycles. The summed E-state index contributed by atoms with van der Waals surface area (Å²) >= 11 is 0. The molecular weight excluding hydrogens is 428 g/mol. The lowest BCUT2D eigenvalue weighted by Crippen LogP contribution is -2.14. The molecular formula is C33H46O2. The fraction of sp³-hybridized carbons (Fsp3) is 0.606. The molecule has 2 aliphatic rings. The Balaban J connectivity index is 1.24. The second-order valence-corrected chi connectivity index (χ2v) is 11.3. The largest absolute Gasteiger partial charge is 0.423 e. The zero-order chi connectivity index (χ0) is 24.5. The van der Waals surface area contributed by atoms with Crippen LogP contribution in [0.15, 0.2) is 48.5 Å². The first kappa shape index (κ1) is 26.0. The van der Waals surface area contributed by atoms with Gasteiger partial charge >= 0.3 is 5.97 Å². The van der Waals surface area contributed by atoms with Gasteiger partial charge in [-0.2, -0.15) is 0 Å². The smallest absolute Gasteiger partial charge is 0.343 e. The van der Waals surface area contributed by atoms with Crippen LogP contribution in [-0.2, 0) is 0 Å². The van der Waals surface area contributed by atoms with E-state index in [4.69, 9.17) is 4.74 Å². The minimum absolute atomic E-state index is 0.260. The second kappa shape index (κ2) is 13.3. The van der Waals surface area contributed by atoms with Gasteiger partial charge < -0.3 is 4.74 Å². The van der Waals surface area contributed by atoms with Crippen molar-refractivity contribution in [2.75, 3.05) is 0 Å². The van der Waals surface area contributed by atoms with Crippen LogP contribution in [-0.4, -0.2) is 5.97 Å². The summed E-state index contributed by atoms with van der Waals surface area (Å²) in [5, 5.41) is 0. The molecule has 0 amide bonds. The number of ether oxygens (including phenoxy) is 1. The van der Waals surface area contributed by atoms with E-state index in [1.165, 1.54) is 101 Å². The van der Waals surface area contributed by atoms with Crippen molar-refractivity contribution in [3.63, 3.8) is 0 Å². The van der Waals surface area contributed by atoms with Crippen LogP contribution in [0.2, 0.25) is 0 Å². The summed E-state index contributed by atoms with van der Waals surface area (Å²) in [5.41, 5.74) is 3.41. The van der Waals surface area contributed by atoms with Crippen molar-refractivity contribution in [2.24, 2.45) is 11.8 Å². The minimum Gasteiger partial charge on any atom is -0.423 e. The van der Waals surface area contributed by atoms with E-state index in [1.807, 2.05) is 24.3 Å². The highest BCUT2D eigenvalue weighted by Crippen LogP contribution is 2.39. The first-order valence-electron chi connectivity index (χ1n) is 14.6. The molecule has 0 N–H and O–H groups in total. The maximum atomic E-state index is 12.7. The Morgan fingerprint density at radius 1 is 0.657 bits per heavy atom. The lowest BCUT2D eigenvalue weighted by Gasteiger charge is -2.29. The van der Waals surface area contributed by atoms with Crippen molar-refractivity contribution in [3.05, 3.63) is 65.2 Å². The summed E-state index contributed by atoms with van der Waals surface area (Å²) in [6.07, 6.45) is 18.7. The number of carbonyl (C=O) groups is 1. The molecule has 35 heavy (non-hydrogen) atoms. The van der Waals surface area contributed by atoms with Gasteiger partial charge in [-0.05, 0) is 110 Å². The predicted molar refractivity (Wildman–Crippen MR) is 146 cm³/mol. The SMILES string of the molecule is CCCCC[C@H]1CC[C@H](c2ccc(C(=O)Oc3ccc([C@H]4CC[C@H](CCC)CC4)cc3)cc2)CC1. The first-order chi connectivity index (χ1) is 17.2. The van der Waals surface area contributed by atoms with Crippen LogP contribution >= 0.6 is 0 Å². The van der Waals surface area contributed by atoms with Crippen molar-refractivity contribution in [3.8, 4) is 5.75 Å². The van der Waals surface area contributed by atoms with Crippen LogP contribution in [0.4, 0.5) is 0 Å². The number of rotatable bonds is 10. The van der Waals surface area contributed by atoms with Crippen molar-refractivity contribution in [2.45, 2.75) is 116 Å². The van der Waals surface area contributed by atoms with Crippen LogP contribution in [0.3, 0.4) is 0 Å². The van der Waals surface area contributed by atoms with Gasteiger partial charge in [-0.25, -0.2) is 4.79 Å². The zero-order valence-electron chi connectivity index (χ0n) is 22.1. The molecule has 0 bridgehead atoms. The number of hydrogen-bond donors (Lipinski definition) is 0. The molecule has 190 valence electrons. The zero-order valence-corrected chi connectivity index (χ0v) is 22.1. The van der Waals surface area contributed by atoms with E-state index in [0.717, 1.165) is 11.8 Å². The summed E-state index contributed by atoms with van der Waals surface area (Å²) in [6, 6.07) is 16.5. The molecule has 2 heteroatoms. The standard InChI is InChI=1S/C33H46O2/c1-3-5-6-8-26-11-15-27(16-12-26)29-17-19-31(20-18-29)33(34)35-32-23-21-30(22-24-32)28-13-9-25(7-4-2)10-14-28/h17-28H,3-16H2,1-2H3/t25-,26-,27-,28-. The van der Waals surface area contributed by atoms with Crippen molar-refractivity contribution in [1.82, 2.24) is 0 Å². The fourth-order valence-corrected chi connectivity index (χ4v) is 6.53. The number of carbonyl (C=O) groups excluding carboxylic acids is 1. The Morgan fingerprint density at radius 3 is 1.69 bits per heavy atom. The lowest BCUT2D eigenvalue weighted by atomic mass is 9.77. The molecule has 0 aliphatic heterocycles. The van der Waals surface area contributed by atoms with Gasteiger partial charge in [-0.1, -0.05) is 76.6 Å².